The van der Waals surface area contributed by atoms with Crippen molar-refractivity contribution in [1.29, 1.82) is 0 Å². The molecule has 1 fully saturated rings. The molecule has 2 aromatic rings. The van der Waals surface area contributed by atoms with Crippen LogP contribution in [0.2, 0.25) is 0 Å². The molecule has 6 nitrogen and oxygen atoms in total. The van der Waals surface area contributed by atoms with Crippen molar-refractivity contribution in [3.63, 3.8) is 0 Å². The fraction of sp³-hybridized carbons (Fsp3) is 0.333. The van der Waals surface area contributed by atoms with Gasteiger partial charge in [0.1, 0.15) is 0 Å². The Labute approximate surface area is 162 Å². The van der Waals surface area contributed by atoms with E-state index < -0.39 is 0 Å². The van der Waals surface area contributed by atoms with E-state index in [2.05, 4.69) is 10.6 Å². The second-order valence-electron chi connectivity index (χ2n) is 7.22. The number of likely N-dealkylation sites (tertiary alicyclic amines) is 1. The van der Waals surface area contributed by atoms with Crippen molar-refractivity contribution in [2.24, 2.45) is 5.92 Å². The summed E-state index contributed by atoms with van der Waals surface area (Å²) < 4.78 is 19.3. The van der Waals surface area contributed by atoms with Crippen LogP contribution >= 0.6 is 0 Å². The third-order valence-electron chi connectivity index (χ3n) is 5.10. The van der Waals surface area contributed by atoms with E-state index in [0.29, 0.717) is 31.8 Å². The SMILES string of the molecule is O=C1Cc2cc(NC(=O)N3CCC[C@@H](COc4ccccc4F)C3)ccc2N1. The van der Waals surface area contributed by atoms with Crippen LogP contribution in [0.1, 0.15) is 18.4 Å². The van der Waals surface area contributed by atoms with Crippen molar-refractivity contribution < 1.29 is 18.7 Å². The van der Waals surface area contributed by atoms with Gasteiger partial charge in [0, 0.05) is 30.4 Å². The number of ether oxygens (including phenoxy) is 1. The molecule has 2 aromatic carbocycles. The summed E-state index contributed by atoms with van der Waals surface area (Å²) in [7, 11) is 0. The molecule has 1 atom stereocenters. The number of carbonyl (C=O) groups is 2. The number of hydrogen-bond acceptors (Lipinski definition) is 3. The van der Waals surface area contributed by atoms with Gasteiger partial charge in [-0.15, -0.1) is 0 Å². The molecule has 0 unspecified atom stereocenters. The summed E-state index contributed by atoms with van der Waals surface area (Å²) in [5.41, 5.74) is 2.36. The van der Waals surface area contributed by atoms with Gasteiger partial charge in [-0.05, 0) is 48.7 Å². The van der Waals surface area contributed by atoms with Crippen molar-refractivity contribution in [3.05, 3.63) is 53.8 Å². The number of fused-ring (bicyclic) bond motifs is 1. The van der Waals surface area contributed by atoms with Gasteiger partial charge >= 0.3 is 6.03 Å². The lowest BCUT2D eigenvalue weighted by molar-refractivity contribution is -0.115. The Morgan fingerprint density at radius 1 is 1.29 bits per heavy atom. The molecule has 7 heteroatoms. The van der Waals surface area contributed by atoms with Crippen LogP contribution in [0.4, 0.5) is 20.6 Å². The van der Waals surface area contributed by atoms with Crippen molar-refractivity contribution in [2.45, 2.75) is 19.3 Å². The molecule has 146 valence electrons. The number of hydrogen-bond donors (Lipinski definition) is 2. The van der Waals surface area contributed by atoms with Gasteiger partial charge in [-0.2, -0.15) is 0 Å². The number of amides is 3. The fourth-order valence-corrected chi connectivity index (χ4v) is 3.66. The summed E-state index contributed by atoms with van der Waals surface area (Å²) >= 11 is 0. The zero-order valence-corrected chi connectivity index (χ0v) is 15.4. The predicted molar refractivity (Wildman–Crippen MR) is 104 cm³/mol. The summed E-state index contributed by atoms with van der Waals surface area (Å²) in [6.07, 6.45) is 2.14. The summed E-state index contributed by atoms with van der Waals surface area (Å²) in [4.78, 5) is 25.9. The van der Waals surface area contributed by atoms with Crippen molar-refractivity contribution in [3.8, 4) is 5.75 Å². The van der Waals surface area contributed by atoms with Gasteiger partial charge < -0.3 is 20.3 Å². The van der Waals surface area contributed by atoms with Gasteiger partial charge in [0.25, 0.3) is 0 Å². The molecule has 2 aliphatic heterocycles. The number of carbonyl (C=O) groups excluding carboxylic acids is 2. The molecule has 0 aromatic heterocycles. The molecule has 0 aliphatic carbocycles. The number of para-hydroxylation sites is 1. The van der Waals surface area contributed by atoms with E-state index >= 15 is 0 Å². The van der Waals surface area contributed by atoms with Crippen LogP contribution in [0.25, 0.3) is 0 Å². The Kier molecular flexibility index (Phi) is 5.14. The van der Waals surface area contributed by atoms with Crippen LogP contribution in [0.3, 0.4) is 0 Å². The summed E-state index contributed by atoms with van der Waals surface area (Å²) in [6, 6.07) is 11.6. The summed E-state index contributed by atoms with van der Waals surface area (Å²) in [5, 5.41) is 5.68. The molecule has 2 heterocycles. The Hall–Kier alpha value is -3.09. The van der Waals surface area contributed by atoms with E-state index in [1.165, 1.54) is 6.07 Å². The van der Waals surface area contributed by atoms with Crippen molar-refractivity contribution >= 4 is 23.3 Å². The number of piperidine rings is 1. The van der Waals surface area contributed by atoms with E-state index in [0.717, 1.165) is 24.1 Å². The number of nitrogens with zero attached hydrogens (tertiary/aromatic N) is 1. The highest BCUT2D eigenvalue weighted by Gasteiger charge is 2.25. The first-order chi connectivity index (χ1) is 13.6. The first kappa shape index (κ1) is 18.3. The molecule has 3 amide bonds. The molecular formula is C21H22FN3O3. The highest BCUT2D eigenvalue weighted by atomic mass is 19.1. The highest BCUT2D eigenvalue weighted by Crippen LogP contribution is 2.27. The maximum Gasteiger partial charge on any atom is 0.321 e. The lowest BCUT2D eigenvalue weighted by atomic mass is 9.99. The molecule has 1 saturated heterocycles. The lowest BCUT2D eigenvalue weighted by Crippen LogP contribution is -2.43. The smallest absolute Gasteiger partial charge is 0.321 e. The Balaban J connectivity index is 1.33. The lowest BCUT2D eigenvalue weighted by Gasteiger charge is -2.32. The van der Waals surface area contributed by atoms with E-state index in [9.17, 15) is 14.0 Å². The maximum atomic E-state index is 13.7. The van der Waals surface area contributed by atoms with Crippen LogP contribution in [-0.4, -0.2) is 36.5 Å². The van der Waals surface area contributed by atoms with Crippen LogP contribution in [0.5, 0.6) is 5.75 Å². The van der Waals surface area contributed by atoms with Crippen LogP contribution in [0, 0.1) is 11.7 Å². The highest BCUT2D eigenvalue weighted by molar-refractivity contribution is 6.00. The standard InChI is InChI=1S/C21H22FN3O3/c22-17-5-1-2-6-19(17)28-13-14-4-3-9-25(12-14)21(27)23-16-7-8-18-15(10-16)11-20(26)24-18/h1-2,5-8,10,14H,3-4,9,11-13H2,(H,23,27)(H,24,26)/t14-/m1/s1. The Morgan fingerprint density at radius 3 is 3.00 bits per heavy atom. The molecular weight excluding hydrogens is 361 g/mol. The number of anilines is 2. The van der Waals surface area contributed by atoms with E-state index in [4.69, 9.17) is 4.74 Å². The summed E-state index contributed by atoms with van der Waals surface area (Å²) in [6.45, 7) is 1.61. The minimum Gasteiger partial charge on any atom is -0.490 e. The quantitative estimate of drug-likeness (QED) is 0.847. The fourth-order valence-electron chi connectivity index (χ4n) is 3.66. The second kappa shape index (κ2) is 7.88. The second-order valence-corrected chi connectivity index (χ2v) is 7.22. The molecule has 0 spiro atoms. The van der Waals surface area contributed by atoms with Crippen LogP contribution in [-0.2, 0) is 11.2 Å². The zero-order valence-electron chi connectivity index (χ0n) is 15.4. The van der Waals surface area contributed by atoms with E-state index in [-0.39, 0.29) is 29.4 Å². The van der Waals surface area contributed by atoms with Crippen molar-refractivity contribution in [2.75, 3.05) is 30.3 Å². The van der Waals surface area contributed by atoms with Crippen LogP contribution < -0.4 is 15.4 Å². The largest absolute Gasteiger partial charge is 0.490 e. The first-order valence-corrected chi connectivity index (χ1v) is 9.44. The minimum atomic E-state index is -0.377. The maximum absolute atomic E-state index is 13.7. The Bertz CT molecular complexity index is 902. The molecule has 4 rings (SSSR count). The molecule has 0 saturated carbocycles. The zero-order chi connectivity index (χ0) is 19.5. The molecule has 0 radical (unpaired) electrons. The van der Waals surface area contributed by atoms with Crippen molar-refractivity contribution in [1.82, 2.24) is 4.90 Å². The minimum absolute atomic E-state index is 0.0350. The third kappa shape index (κ3) is 4.08. The van der Waals surface area contributed by atoms with Gasteiger partial charge in [-0.25, -0.2) is 9.18 Å². The molecule has 2 aliphatic rings. The Morgan fingerprint density at radius 2 is 2.14 bits per heavy atom. The number of benzene rings is 2. The van der Waals surface area contributed by atoms with Gasteiger partial charge in [0.2, 0.25) is 5.91 Å². The van der Waals surface area contributed by atoms with Gasteiger partial charge in [0.05, 0.1) is 13.0 Å². The topological polar surface area (TPSA) is 70.7 Å². The molecule has 0 bridgehead atoms. The predicted octanol–water partition coefficient (Wildman–Crippen LogP) is 3.64. The first-order valence-electron chi connectivity index (χ1n) is 9.44. The van der Waals surface area contributed by atoms with Gasteiger partial charge in [0.15, 0.2) is 11.6 Å². The number of rotatable bonds is 4. The average molecular weight is 383 g/mol. The molecule has 2 N–H and O–H groups in total. The number of urea groups is 1. The van der Waals surface area contributed by atoms with Gasteiger partial charge in [-0.1, -0.05) is 12.1 Å². The number of halogens is 1. The molecule has 28 heavy (non-hydrogen) atoms. The summed E-state index contributed by atoms with van der Waals surface area (Å²) in [5.74, 6) is -0.0176. The normalized spacial score (nSPS) is 18.4. The third-order valence-corrected chi connectivity index (χ3v) is 5.10. The monoisotopic (exact) mass is 383 g/mol. The van der Waals surface area contributed by atoms with E-state index in [1.54, 1.807) is 35.2 Å². The van der Waals surface area contributed by atoms with Gasteiger partial charge in [-0.3, -0.25) is 4.79 Å². The number of nitrogens with one attached hydrogen (secondary N) is 2. The average Bonchev–Trinajstić information content (AvgIpc) is 3.07. The van der Waals surface area contributed by atoms with Crippen LogP contribution in [0.15, 0.2) is 42.5 Å². The van der Waals surface area contributed by atoms with E-state index in [1.807, 2.05) is 6.07 Å².